The van der Waals surface area contributed by atoms with E-state index in [1.807, 2.05) is 0 Å². The van der Waals surface area contributed by atoms with Gasteiger partial charge in [-0.3, -0.25) is 4.98 Å². The van der Waals surface area contributed by atoms with Gasteiger partial charge in [0.1, 0.15) is 5.82 Å². The van der Waals surface area contributed by atoms with Gasteiger partial charge in [-0.15, -0.1) is 0 Å². The third-order valence-electron chi connectivity index (χ3n) is 4.17. The molecule has 140 valence electrons. The Morgan fingerprint density at radius 2 is 1.71 bits per heavy atom. The third kappa shape index (κ3) is 3.57. The molecule has 0 aliphatic heterocycles. The third-order valence-corrected chi connectivity index (χ3v) is 4.17. The normalized spacial score (nSPS) is 11.5. The Balaban J connectivity index is 1.68. The van der Waals surface area contributed by atoms with E-state index in [-0.39, 0.29) is 0 Å². The lowest BCUT2D eigenvalue weighted by molar-refractivity contribution is -0.137. The minimum Gasteiger partial charge on any atom is -0.341 e. The molecular formula is C20H13F3N4O. The predicted octanol–water partition coefficient (Wildman–Crippen LogP) is 4.75. The molecular weight excluding hydrogens is 369 g/mol. The molecule has 0 spiro atoms. The van der Waals surface area contributed by atoms with Crippen LogP contribution in [0.3, 0.4) is 0 Å². The van der Waals surface area contributed by atoms with E-state index in [0.29, 0.717) is 28.1 Å². The zero-order valence-corrected chi connectivity index (χ0v) is 14.3. The molecule has 0 bridgehead atoms. The van der Waals surface area contributed by atoms with Gasteiger partial charge in [0.25, 0.3) is 0 Å². The van der Waals surface area contributed by atoms with Gasteiger partial charge in [-0.1, -0.05) is 24.3 Å². The Bertz CT molecular complexity index is 1200. The van der Waals surface area contributed by atoms with Crippen LogP contribution in [-0.2, 0) is 6.18 Å². The Labute approximate surface area is 156 Å². The van der Waals surface area contributed by atoms with E-state index in [4.69, 9.17) is 0 Å². The van der Waals surface area contributed by atoms with Gasteiger partial charge < -0.3 is 5.32 Å². The molecule has 0 aliphatic rings. The number of nitrogens with zero attached hydrogens (tertiary/aromatic N) is 2. The number of hydrogen-bond donors (Lipinski definition) is 2. The van der Waals surface area contributed by atoms with Crippen molar-refractivity contribution in [3.8, 4) is 11.1 Å². The molecule has 28 heavy (non-hydrogen) atoms. The first-order valence-electron chi connectivity index (χ1n) is 8.30. The molecule has 0 saturated heterocycles. The first-order valence-corrected chi connectivity index (χ1v) is 8.30. The fourth-order valence-electron chi connectivity index (χ4n) is 2.85. The topological polar surface area (TPSA) is 70.7 Å². The number of pyridine rings is 1. The summed E-state index contributed by atoms with van der Waals surface area (Å²) in [7, 11) is 0. The van der Waals surface area contributed by atoms with Crippen molar-refractivity contribution in [3.05, 3.63) is 82.9 Å². The van der Waals surface area contributed by atoms with E-state index in [1.54, 1.807) is 42.6 Å². The molecule has 0 radical (unpaired) electrons. The Morgan fingerprint density at radius 3 is 2.46 bits per heavy atom. The van der Waals surface area contributed by atoms with Gasteiger partial charge in [0.2, 0.25) is 0 Å². The molecule has 0 aliphatic carbocycles. The summed E-state index contributed by atoms with van der Waals surface area (Å²) in [6, 6.07) is 15.6. The number of aromatic nitrogens is 3. The van der Waals surface area contributed by atoms with Crippen molar-refractivity contribution in [2.75, 3.05) is 5.32 Å². The SMILES string of the molecule is O=c1nc2ncccc2c(Nc2cccc(-c3ccc(C(F)(F)F)cc3)c2)[nH]1. The van der Waals surface area contributed by atoms with Gasteiger partial charge in [0.15, 0.2) is 5.65 Å². The first-order chi connectivity index (χ1) is 13.4. The molecule has 4 aromatic rings. The minimum atomic E-state index is -4.37. The lowest BCUT2D eigenvalue weighted by atomic mass is 10.0. The number of rotatable bonds is 3. The number of anilines is 2. The number of alkyl halides is 3. The number of hydrogen-bond acceptors (Lipinski definition) is 4. The van der Waals surface area contributed by atoms with Gasteiger partial charge in [0.05, 0.1) is 10.9 Å². The van der Waals surface area contributed by atoms with Crippen LogP contribution >= 0.6 is 0 Å². The van der Waals surface area contributed by atoms with Crippen molar-refractivity contribution in [1.29, 1.82) is 0 Å². The number of fused-ring (bicyclic) bond motifs is 1. The molecule has 0 unspecified atom stereocenters. The minimum absolute atomic E-state index is 0.313. The maximum Gasteiger partial charge on any atom is 0.416 e. The molecule has 2 aromatic heterocycles. The Hall–Kier alpha value is -3.68. The Kier molecular flexibility index (Phi) is 4.31. The van der Waals surface area contributed by atoms with Crippen LogP contribution in [0.15, 0.2) is 71.7 Å². The van der Waals surface area contributed by atoms with Gasteiger partial charge in [-0.2, -0.15) is 18.2 Å². The largest absolute Gasteiger partial charge is 0.416 e. The van der Waals surface area contributed by atoms with Crippen LogP contribution in [0, 0.1) is 0 Å². The average molecular weight is 382 g/mol. The summed E-state index contributed by atoms with van der Waals surface area (Å²) in [6.45, 7) is 0. The van der Waals surface area contributed by atoms with Crippen molar-refractivity contribution < 1.29 is 13.2 Å². The highest BCUT2D eigenvalue weighted by Gasteiger charge is 2.29. The van der Waals surface area contributed by atoms with Crippen molar-refractivity contribution >= 4 is 22.5 Å². The molecule has 8 heteroatoms. The molecule has 2 N–H and O–H groups in total. The average Bonchev–Trinajstić information content (AvgIpc) is 2.67. The lowest BCUT2D eigenvalue weighted by Crippen LogP contribution is -2.13. The van der Waals surface area contributed by atoms with Crippen molar-refractivity contribution in [2.24, 2.45) is 0 Å². The molecule has 0 atom stereocenters. The maximum atomic E-state index is 12.7. The molecule has 0 amide bonds. The number of aromatic amines is 1. The van der Waals surface area contributed by atoms with Crippen LogP contribution in [-0.4, -0.2) is 15.0 Å². The highest BCUT2D eigenvalue weighted by Crippen LogP contribution is 2.32. The summed E-state index contributed by atoms with van der Waals surface area (Å²) in [6.07, 6.45) is -2.83. The second-order valence-corrected chi connectivity index (χ2v) is 6.07. The molecule has 5 nitrogen and oxygen atoms in total. The number of benzene rings is 2. The van der Waals surface area contributed by atoms with Crippen LogP contribution in [0.1, 0.15) is 5.56 Å². The van der Waals surface area contributed by atoms with Crippen LogP contribution in [0.25, 0.3) is 22.2 Å². The first kappa shape index (κ1) is 17.7. The maximum absolute atomic E-state index is 12.7. The van der Waals surface area contributed by atoms with Crippen LogP contribution in [0.2, 0.25) is 0 Å². The monoisotopic (exact) mass is 382 g/mol. The zero-order valence-electron chi connectivity index (χ0n) is 14.3. The smallest absolute Gasteiger partial charge is 0.341 e. The standard InChI is InChI=1S/C20H13F3N4O/c21-20(22,23)14-8-6-12(7-9-14)13-3-1-4-15(11-13)25-18-16-5-2-10-24-17(16)26-19(28)27-18/h1-11H,(H2,24,25,26,27,28). The second kappa shape index (κ2) is 6.80. The summed E-state index contributed by atoms with van der Waals surface area (Å²) in [5.74, 6) is 0.438. The summed E-state index contributed by atoms with van der Waals surface area (Å²) in [4.78, 5) is 22.3. The zero-order chi connectivity index (χ0) is 19.7. The summed E-state index contributed by atoms with van der Waals surface area (Å²) in [5, 5.41) is 3.76. The molecule has 2 heterocycles. The van der Waals surface area contributed by atoms with Gasteiger partial charge in [-0.05, 0) is 47.5 Å². The summed E-state index contributed by atoms with van der Waals surface area (Å²) in [5.41, 5.74) is 1.12. The van der Waals surface area contributed by atoms with E-state index in [9.17, 15) is 18.0 Å². The molecule has 4 rings (SSSR count). The van der Waals surface area contributed by atoms with E-state index >= 15 is 0 Å². The van der Waals surface area contributed by atoms with Gasteiger partial charge in [0, 0.05) is 11.9 Å². The van der Waals surface area contributed by atoms with Crippen LogP contribution < -0.4 is 11.0 Å². The van der Waals surface area contributed by atoms with Gasteiger partial charge >= 0.3 is 11.9 Å². The molecule has 2 aromatic carbocycles. The Morgan fingerprint density at radius 1 is 0.929 bits per heavy atom. The predicted molar refractivity (Wildman–Crippen MR) is 100 cm³/mol. The van der Waals surface area contributed by atoms with E-state index in [2.05, 4.69) is 20.3 Å². The molecule has 0 saturated carbocycles. The van der Waals surface area contributed by atoms with E-state index < -0.39 is 17.4 Å². The van der Waals surface area contributed by atoms with Gasteiger partial charge in [-0.25, -0.2) is 9.78 Å². The van der Waals surface area contributed by atoms with Crippen molar-refractivity contribution in [3.63, 3.8) is 0 Å². The highest BCUT2D eigenvalue weighted by molar-refractivity contribution is 5.88. The lowest BCUT2D eigenvalue weighted by Gasteiger charge is -2.11. The number of halogens is 3. The van der Waals surface area contributed by atoms with Crippen LogP contribution in [0.5, 0.6) is 0 Å². The van der Waals surface area contributed by atoms with E-state index in [1.165, 1.54) is 12.1 Å². The van der Waals surface area contributed by atoms with E-state index in [0.717, 1.165) is 17.7 Å². The fraction of sp³-hybridized carbons (Fsp3) is 0.0500. The number of nitrogens with one attached hydrogen (secondary N) is 2. The quantitative estimate of drug-likeness (QED) is 0.537. The number of H-pyrrole nitrogens is 1. The van der Waals surface area contributed by atoms with Crippen molar-refractivity contribution in [1.82, 2.24) is 15.0 Å². The van der Waals surface area contributed by atoms with Crippen molar-refractivity contribution in [2.45, 2.75) is 6.18 Å². The van der Waals surface area contributed by atoms with Crippen LogP contribution in [0.4, 0.5) is 24.7 Å². The summed E-state index contributed by atoms with van der Waals surface area (Å²) < 4.78 is 38.2. The highest BCUT2D eigenvalue weighted by atomic mass is 19.4. The second-order valence-electron chi connectivity index (χ2n) is 6.07. The molecule has 0 fully saturated rings. The summed E-state index contributed by atoms with van der Waals surface area (Å²) >= 11 is 0. The fourth-order valence-corrected chi connectivity index (χ4v) is 2.85.